The van der Waals surface area contributed by atoms with E-state index in [-0.39, 0.29) is 0 Å². The fourth-order valence-electron chi connectivity index (χ4n) is 1.65. The molecular weight excluding hydrogens is 154 g/mol. The highest BCUT2D eigenvalue weighted by molar-refractivity contribution is 6.03. The zero-order chi connectivity index (χ0) is 8.55. The van der Waals surface area contributed by atoms with Gasteiger partial charge in [-0.2, -0.15) is 0 Å². The quantitative estimate of drug-likeness (QED) is 0.571. The summed E-state index contributed by atoms with van der Waals surface area (Å²) < 4.78 is 5.23. The highest BCUT2D eigenvalue weighted by atomic mass is 16.5. The molecule has 0 radical (unpaired) electrons. The normalized spacial score (nSPS) is 24.4. The van der Waals surface area contributed by atoms with E-state index >= 15 is 0 Å². The number of rotatable bonds is 1. The number of carbonyl (C=O) groups excluding carboxylic acids is 1. The molecule has 0 bridgehead atoms. The maximum Gasteiger partial charge on any atom is 0.166 e. The van der Waals surface area contributed by atoms with Gasteiger partial charge in [-0.3, -0.25) is 4.79 Å². The SMILES string of the molecule is CC1=C(N2CCOCC2)CC1=O. The summed E-state index contributed by atoms with van der Waals surface area (Å²) in [7, 11) is 0. The fraction of sp³-hybridized carbons (Fsp3) is 0.667. The Balaban J connectivity index is 2.05. The third-order valence-electron chi connectivity index (χ3n) is 2.57. The van der Waals surface area contributed by atoms with Gasteiger partial charge in [-0.1, -0.05) is 0 Å². The van der Waals surface area contributed by atoms with Gasteiger partial charge in [-0.05, 0) is 6.92 Å². The molecule has 0 aromatic heterocycles. The van der Waals surface area contributed by atoms with Crippen molar-refractivity contribution in [2.45, 2.75) is 13.3 Å². The summed E-state index contributed by atoms with van der Waals surface area (Å²) in [5.74, 6) is 0.302. The summed E-state index contributed by atoms with van der Waals surface area (Å²) in [6, 6.07) is 0. The van der Waals surface area contributed by atoms with Crippen molar-refractivity contribution < 1.29 is 9.53 Å². The van der Waals surface area contributed by atoms with Crippen LogP contribution in [-0.2, 0) is 9.53 Å². The van der Waals surface area contributed by atoms with Gasteiger partial charge in [-0.25, -0.2) is 0 Å². The molecule has 1 heterocycles. The molecule has 12 heavy (non-hydrogen) atoms. The number of Topliss-reactive ketones (excluding diaryl/α,β-unsaturated/α-hetero) is 1. The lowest BCUT2D eigenvalue weighted by Gasteiger charge is -2.35. The van der Waals surface area contributed by atoms with Crippen LogP contribution in [0.2, 0.25) is 0 Å². The van der Waals surface area contributed by atoms with E-state index in [0.717, 1.165) is 31.9 Å². The molecule has 0 aromatic carbocycles. The van der Waals surface area contributed by atoms with E-state index < -0.39 is 0 Å². The second kappa shape index (κ2) is 2.90. The second-order valence-corrected chi connectivity index (χ2v) is 3.27. The van der Waals surface area contributed by atoms with Crippen LogP contribution in [0.1, 0.15) is 13.3 Å². The maximum atomic E-state index is 11.0. The van der Waals surface area contributed by atoms with Gasteiger partial charge in [0, 0.05) is 24.4 Å². The molecule has 0 amide bonds. The van der Waals surface area contributed by atoms with E-state index in [2.05, 4.69) is 4.90 Å². The van der Waals surface area contributed by atoms with Gasteiger partial charge in [0.25, 0.3) is 0 Å². The van der Waals surface area contributed by atoms with E-state index in [0.29, 0.717) is 12.2 Å². The molecule has 3 nitrogen and oxygen atoms in total. The summed E-state index contributed by atoms with van der Waals surface area (Å²) >= 11 is 0. The third kappa shape index (κ3) is 1.14. The zero-order valence-electron chi connectivity index (χ0n) is 7.30. The molecule has 0 N–H and O–H groups in total. The molecule has 2 rings (SSSR count). The van der Waals surface area contributed by atoms with Crippen molar-refractivity contribution in [3.8, 4) is 0 Å². The largest absolute Gasteiger partial charge is 0.378 e. The first-order chi connectivity index (χ1) is 5.79. The van der Waals surface area contributed by atoms with Gasteiger partial charge in [0.05, 0.1) is 19.6 Å². The first-order valence-electron chi connectivity index (χ1n) is 4.34. The molecule has 0 saturated carbocycles. The lowest BCUT2D eigenvalue weighted by molar-refractivity contribution is -0.117. The molecule has 0 unspecified atom stereocenters. The number of carbonyl (C=O) groups is 1. The van der Waals surface area contributed by atoms with Gasteiger partial charge in [0.1, 0.15) is 0 Å². The molecule has 1 saturated heterocycles. The lowest BCUT2D eigenvalue weighted by atomic mass is 9.93. The summed E-state index contributed by atoms with van der Waals surface area (Å²) in [4.78, 5) is 13.2. The van der Waals surface area contributed by atoms with Crippen LogP contribution < -0.4 is 0 Å². The lowest BCUT2D eigenvalue weighted by Crippen LogP contribution is -2.40. The summed E-state index contributed by atoms with van der Waals surface area (Å²) in [6.07, 6.45) is 0.645. The zero-order valence-corrected chi connectivity index (χ0v) is 7.30. The van der Waals surface area contributed by atoms with Gasteiger partial charge in [0.15, 0.2) is 5.78 Å². The van der Waals surface area contributed by atoms with Crippen molar-refractivity contribution in [1.82, 2.24) is 4.90 Å². The Bertz CT molecular complexity index is 239. The Kier molecular flexibility index (Phi) is 1.89. The number of morpholine rings is 1. The van der Waals surface area contributed by atoms with Crippen LogP contribution >= 0.6 is 0 Å². The van der Waals surface area contributed by atoms with Crippen LogP contribution in [0.25, 0.3) is 0 Å². The Morgan fingerprint density at radius 2 is 2.00 bits per heavy atom. The van der Waals surface area contributed by atoms with Crippen LogP contribution in [0.3, 0.4) is 0 Å². The van der Waals surface area contributed by atoms with Crippen molar-refractivity contribution in [3.05, 3.63) is 11.3 Å². The van der Waals surface area contributed by atoms with Gasteiger partial charge in [0.2, 0.25) is 0 Å². The topological polar surface area (TPSA) is 29.5 Å². The Labute approximate surface area is 72.0 Å². The van der Waals surface area contributed by atoms with Crippen LogP contribution in [0.15, 0.2) is 11.3 Å². The van der Waals surface area contributed by atoms with E-state index in [1.807, 2.05) is 6.92 Å². The summed E-state index contributed by atoms with van der Waals surface area (Å²) in [5, 5.41) is 0. The number of ketones is 1. The second-order valence-electron chi connectivity index (χ2n) is 3.27. The molecule has 0 spiro atoms. The molecule has 1 aliphatic heterocycles. The molecule has 1 aliphatic carbocycles. The van der Waals surface area contributed by atoms with Gasteiger partial charge < -0.3 is 9.64 Å². The average Bonchev–Trinajstić information content (AvgIpc) is 2.15. The molecule has 0 atom stereocenters. The number of ether oxygens (including phenoxy) is 1. The first kappa shape index (κ1) is 7.80. The Morgan fingerprint density at radius 3 is 2.50 bits per heavy atom. The highest BCUT2D eigenvalue weighted by Crippen LogP contribution is 2.27. The molecule has 2 aliphatic rings. The molecular formula is C9H13NO2. The number of allylic oxidation sites excluding steroid dienone is 2. The first-order valence-corrected chi connectivity index (χ1v) is 4.34. The van der Waals surface area contributed by atoms with E-state index in [1.165, 1.54) is 5.70 Å². The van der Waals surface area contributed by atoms with Gasteiger partial charge in [-0.15, -0.1) is 0 Å². The van der Waals surface area contributed by atoms with Crippen LogP contribution in [0.5, 0.6) is 0 Å². The van der Waals surface area contributed by atoms with Crippen molar-refractivity contribution >= 4 is 5.78 Å². The third-order valence-corrected chi connectivity index (χ3v) is 2.57. The number of hydrogen-bond acceptors (Lipinski definition) is 3. The standard InChI is InChI=1S/C9H13NO2/c1-7-8(6-9(7)11)10-2-4-12-5-3-10/h2-6H2,1H3. The number of nitrogens with zero attached hydrogens (tertiary/aromatic N) is 1. The smallest absolute Gasteiger partial charge is 0.166 e. The number of hydrogen-bond donors (Lipinski definition) is 0. The van der Waals surface area contributed by atoms with Crippen molar-refractivity contribution in [1.29, 1.82) is 0 Å². The van der Waals surface area contributed by atoms with Crippen molar-refractivity contribution in [2.75, 3.05) is 26.3 Å². The minimum atomic E-state index is 0.302. The summed E-state index contributed by atoms with van der Waals surface area (Å²) in [5.41, 5.74) is 2.19. The van der Waals surface area contributed by atoms with Gasteiger partial charge >= 0.3 is 0 Å². The minimum Gasteiger partial charge on any atom is -0.378 e. The van der Waals surface area contributed by atoms with E-state index in [1.54, 1.807) is 0 Å². The highest BCUT2D eigenvalue weighted by Gasteiger charge is 2.28. The van der Waals surface area contributed by atoms with Crippen molar-refractivity contribution in [2.24, 2.45) is 0 Å². The summed E-state index contributed by atoms with van der Waals surface area (Å²) in [6.45, 7) is 5.40. The van der Waals surface area contributed by atoms with Crippen molar-refractivity contribution in [3.63, 3.8) is 0 Å². The van der Waals surface area contributed by atoms with Crippen LogP contribution in [0.4, 0.5) is 0 Å². The average molecular weight is 167 g/mol. The molecule has 0 aromatic rings. The monoisotopic (exact) mass is 167 g/mol. The molecule has 1 fully saturated rings. The Hall–Kier alpha value is -0.830. The predicted molar refractivity (Wildman–Crippen MR) is 44.7 cm³/mol. The minimum absolute atomic E-state index is 0.302. The van der Waals surface area contributed by atoms with E-state index in [4.69, 9.17) is 4.74 Å². The Morgan fingerprint density at radius 1 is 1.33 bits per heavy atom. The molecule has 3 heteroatoms. The predicted octanol–water partition coefficient (Wildman–Crippen LogP) is 0.565. The molecule has 66 valence electrons. The van der Waals surface area contributed by atoms with E-state index in [9.17, 15) is 4.79 Å². The fourth-order valence-corrected chi connectivity index (χ4v) is 1.65. The van der Waals surface area contributed by atoms with Crippen LogP contribution in [0, 0.1) is 0 Å². The van der Waals surface area contributed by atoms with Crippen LogP contribution in [-0.4, -0.2) is 37.0 Å². The maximum absolute atomic E-state index is 11.0.